The number of carbonyl (C=O) groups excluding carboxylic acids is 2. The fourth-order valence-corrected chi connectivity index (χ4v) is 5.76. The van der Waals surface area contributed by atoms with E-state index in [-0.39, 0.29) is 71.1 Å². The molecule has 2 rings (SSSR count). The minimum Gasteiger partial charge on any atom is -0.493 e. The molecule has 3 unspecified atom stereocenters. The summed E-state index contributed by atoms with van der Waals surface area (Å²) < 4.78 is 12.6. The van der Waals surface area contributed by atoms with E-state index in [4.69, 9.17) is 9.47 Å². The van der Waals surface area contributed by atoms with E-state index in [2.05, 4.69) is 44.8 Å². The zero-order valence-corrected chi connectivity index (χ0v) is 30.8. The molecule has 270 valence electrons. The molecule has 10 heteroatoms. The molecule has 0 aliphatic heterocycles. The number of aromatic nitrogens is 1. The summed E-state index contributed by atoms with van der Waals surface area (Å²) in [5.74, 6) is -0.975. The number of nitriles is 1. The van der Waals surface area contributed by atoms with Gasteiger partial charge in [-0.05, 0) is 62.1 Å². The van der Waals surface area contributed by atoms with Crippen LogP contribution in [0.3, 0.4) is 0 Å². The Morgan fingerprint density at radius 3 is 1.88 bits per heavy atom. The molecule has 10 nitrogen and oxygen atoms in total. The molecule has 0 fully saturated rings. The molecule has 1 aromatic heterocycles. The maximum absolute atomic E-state index is 13.4. The molecule has 0 amide bonds. The number of hydrogen-bond acceptors (Lipinski definition) is 9. The Morgan fingerprint density at radius 1 is 0.837 bits per heavy atom. The first kappa shape index (κ1) is 41.2. The van der Waals surface area contributed by atoms with Crippen molar-refractivity contribution in [3.05, 3.63) is 50.8 Å². The van der Waals surface area contributed by atoms with Gasteiger partial charge in [0.15, 0.2) is 5.69 Å². The number of nitrogens with zero attached hydrogens (tertiary/aromatic N) is 4. The lowest BCUT2D eigenvalue weighted by atomic mass is 9.99. The maximum atomic E-state index is 13.4. The molecule has 0 radical (unpaired) electrons. The number of carbonyl (C=O) groups is 2. The van der Waals surface area contributed by atoms with Gasteiger partial charge in [-0.2, -0.15) is 5.26 Å². The number of benzene rings is 1. The van der Waals surface area contributed by atoms with Crippen molar-refractivity contribution in [1.29, 1.82) is 5.26 Å². The summed E-state index contributed by atoms with van der Waals surface area (Å²) in [5, 5.41) is 29.8. The van der Waals surface area contributed by atoms with Crippen LogP contribution in [0.2, 0.25) is 0 Å². The topological polar surface area (TPSA) is 143 Å². The SMILES string of the molecule is CCCCC(CC)COC(=O)c1ccc(C(=O)OCC(CC)CCCC)c(/N=N/c2c(C)c(C#N)c(=O)n(CC(CC)CCCC)c2O)c1. The van der Waals surface area contributed by atoms with Crippen LogP contribution >= 0.6 is 0 Å². The Hall–Kier alpha value is -4.00. The lowest BCUT2D eigenvalue weighted by Crippen LogP contribution is -2.27. The van der Waals surface area contributed by atoms with Gasteiger partial charge in [0.2, 0.25) is 5.88 Å². The van der Waals surface area contributed by atoms with E-state index in [9.17, 15) is 24.8 Å². The van der Waals surface area contributed by atoms with Gasteiger partial charge in [-0.3, -0.25) is 9.36 Å². The van der Waals surface area contributed by atoms with Crippen molar-refractivity contribution < 1.29 is 24.2 Å². The molecule has 2 aromatic rings. The number of azo groups is 1. The molecule has 0 spiro atoms. The number of aromatic hydroxyl groups is 1. The first-order valence-electron chi connectivity index (χ1n) is 18.4. The predicted octanol–water partition coefficient (Wildman–Crippen LogP) is 10.1. The monoisotopic (exact) mass is 678 g/mol. The number of esters is 2. The van der Waals surface area contributed by atoms with Crippen molar-refractivity contribution in [2.24, 2.45) is 28.0 Å². The maximum Gasteiger partial charge on any atom is 0.340 e. The zero-order valence-electron chi connectivity index (χ0n) is 30.8. The number of hydrogen-bond donors (Lipinski definition) is 1. The van der Waals surface area contributed by atoms with Crippen molar-refractivity contribution in [1.82, 2.24) is 4.57 Å². The van der Waals surface area contributed by atoms with E-state index in [0.29, 0.717) is 0 Å². The highest BCUT2D eigenvalue weighted by Gasteiger charge is 2.23. The summed E-state index contributed by atoms with van der Waals surface area (Å²) in [4.78, 5) is 39.8. The number of unbranched alkanes of at least 4 members (excludes halogenated alkanes) is 3. The van der Waals surface area contributed by atoms with Gasteiger partial charge >= 0.3 is 11.9 Å². The highest BCUT2D eigenvalue weighted by Crippen LogP contribution is 2.34. The van der Waals surface area contributed by atoms with Gasteiger partial charge in [-0.25, -0.2) is 9.59 Å². The van der Waals surface area contributed by atoms with E-state index in [1.807, 2.05) is 13.0 Å². The van der Waals surface area contributed by atoms with Crippen LogP contribution in [0.1, 0.15) is 150 Å². The van der Waals surface area contributed by atoms with Gasteiger partial charge in [0.05, 0.1) is 24.3 Å². The molecular formula is C39H58N4O6. The quantitative estimate of drug-likeness (QED) is 0.0964. The summed E-state index contributed by atoms with van der Waals surface area (Å²) in [6.07, 6.45) is 11.5. The van der Waals surface area contributed by atoms with Crippen molar-refractivity contribution in [2.45, 2.75) is 132 Å². The largest absolute Gasteiger partial charge is 0.493 e. The van der Waals surface area contributed by atoms with E-state index >= 15 is 0 Å². The molecule has 0 aliphatic carbocycles. The van der Waals surface area contributed by atoms with Gasteiger partial charge in [-0.1, -0.05) is 99.3 Å². The summed E-state index contributed by atoms with van der Waals surface area (Å²) in [7, 11) is 0. The molecular weight excluding hydrogens is 620 g/mol. The molecule has 0 saturated heterocycles. The minimum atomic E-state index is -0.611. The first-order valence-corrected chi connectivity index (χ1v) is 18.4. The Balaban J connectivity index is 2.58. The number of pyridine rings is 1. The molecule has 1 N–H and O–H groups in total. The second-order valence-electron chi connectivity index (χ2n) is 13.1. The summed E-state index contributed by atoms with van der Waals surface area (Å²) in [6.45, 7) is 14.8. The Morgan fingerprint density at radius 2 is 1.37 bits per heavy atom. The van der Waals surface area contributed by atoms with E-state index in [1.54, 1.807) is 0 Å². The van der Waals surface area contributed by atoms with Crippen LogP contribution in [0.5, 0.6) is 5.88 Å². The van der Waals surface area contributed by atoms with Crippen LogP contribution in [0.15, 0.2) is 33.2 Å². The smallest absolute Gasteiger partial charge is 0.340 e. The van der Waals surface area contributed by atoms with Gasteiger partial charge in [0.25, 0.3) is 5.56 Å². The van der Waals surface area contributed by atoms with Crippen LogP contribution in [0.4, 0.5) is 11.4 Å². The lowest BCUT2D eigenvalue weighted by molar-refractivity contribution is 0.0415. The molecule has 0 aliphatic rings. The highest BCUT2D eigenvalue weighted by atomic mass is 16.5. The van der Waals surface area contributed by atoms with Crippen molar-refractivity contribution in [3.63, 3.8) is 0 Å². The normalized spacial score (nSPS) is 13.2. The van der Waals surface area contributed by atoms with Crippen LogP contribution in [0, 0.1) is 36.0 Å². The molecule has 1 heterocycles. The van der Waals surface area contributed by atoms with Crippen molar-refractivity contribution in [3.8, 4) is 11.9 Å². The molecule has 0 bridgehead atoms. The third-order valence-electron chi connectivity index (χ3n) is 9.45. The molecule has 49 heavy (non-hydrogen) atoms. The number of rotatable bonds is 22. The summed E-state index contributed by atoms with van der Waals surface area (Å²) >= 11 is 0. The Bertz CT molecular complexity index is 1490. The standard InChI is InChI=1S/C39H58N4O6/c1-8-14-17-28(11-4)24-43-36(44)33(23-40)27(7)35(37(43)45)42-41-34-22-31(38(46)48-25-29(12-5)18-15-9-2)20-21-32(34)39(47)49-26-30(13-6)19-16-10-3/h20-22,28-30,45H,8-19,24-26H2,1-7H3/b42-41+. The van der Waals surface area contributed by atoms with Crippen LogP contribution in [-0.2, 0) is 16.0 Å². The number of ether oxygens (including phenoxy) is 2. The second-order valence-corrected chi connectivity index (χ2v) is 13.1. The van der Waals surface area contributed by atoms with Gasteiger partial charge in [-0.15, -0.1) is 10.2 Å². The van der Waals surface area contributed by atoms with E-state index in [0.717, 1.165) is 77.0 Å². The zero-order chi connectivity index (χ0) is 36.3. The highest BCUT2D eigenvalue weighted by molar-refractivity contribution is 5.98. The predicted molar refractivity (Wildman–Crippen MR) is 193 cm³/mol. The van der Waals surface area contributed by atoms with Crippen LogP contribution in [-0.4, -0.2) is 34.8 Å². The fraction of sp³-hybridized carbons (Fsp3) is 0.641. The van der Waals surface area contributed by atoms with Crippen LogP contribution < -0.4 is 5.56 Å². The summed E-state index contributed by atoms with van der Waals surface area (Å²) in [6, 6.07) is 6.38. The molecule has 1 aromatic carbocycles. The van der Waals surface area contributed by atoms with E-state index in [1.165, 1.54) is 29.7 Å². The van der Waals surface area contributed by atoms with Gasteiger partial charge in [0, 0.05) is 12.1 Å². The minimum absolute atomic E-state index is 0.0449. The average Bonchev–Trinajstić information content (AvgIpc) is 3.11. The second kappa shape index (κ2) is 21.9. The fourth-order valence-electron chi connectivity index (χ4n) is 5.76. The lowest BCUT2D eigenvalue weighted by Gasteiger charge is -2.19. The Labute approximate surface area is 292 Å². The third kappa shape index (κ3) is 12.1. The van der Waals surface area contributed by atoms with Gasteiger partial charge in [0.1, 0.15) is 17.3 Å². The summed E-state index contributed by atoms with van der Waals surface area (Å²) in [5.41, 5.74) is -0.277. The molecule has 3 atom stereocenters. The van der Waals surface area contributed by atoms with E-state index < -0.39 is 23.4 Å². The van der Waals surface area contributed by atoms with Crippen molar-refractivity contribution in [2.75, 3.05) is 13.2 Å². The van der Waals surface area contributed by atoms with Crippen molar-refractivity contribution >= 4 is 23.3 Å². The Kier molecular flexibility index (Phi) is 18.4. The first-order chi connectivity index (χ1) is 23.6. The average molecular weight is 679 g/mol. The van der Waals surface area contributed by atoms with Crippen LogP contribution in [0.25, 0.3) is 0 Å². The third-order valence-corrected chi connectivity index (χ3v) is 9.45. The molecule has 0 saturated carbocycles. The van der Waals surface area contributed by atoms with Gasteiger partial charge < -0.3 is 14.6 Å².